The molecule has 0 bridgehead atoms. The molecule has 0 radical (unpaired) electrons. The monoisotopic (exact) mass is 360 g/mol. The standard InChI is InChI=1S/C21H24N6/c1-3-17-21-25-24-14(2)26(21)18-13-22-19(15-9-5-4-6-10-15)23-20(18)27(17)16-11-7-8-12-16/h4-6,9-10,13,16-17H,3,7-8,11-12H2,1-2H3. The lowest BCUT2D eigenvalue weighted by Crippen LogP contribution is -2.42. The normalized spacial score (nSPS) is 19.2. The fourth-order valence-corrected chi connectivity index (χ4v) is 4.59. The van der Waals surface area contributed by atoms with E-state index >= 15 is 0 Å². The summed E-state index contributed by atoms with van der Waals surface area (Å²) in [4.78, 5) is 12.3. The van der Waals surface area contributed by atoms with Crippen molar-refractivity contribution in [3.05, 3.63) is 48.2 Å². The second kappa shape index (κ2) is 6.44. The van der Waals surface area contributed by atoms with Crippen LogP contribution in [0.1, 0.15) is 56.7 Å². The van der Waals surface area contributed by atoms with Crippen molar-refractivity contribution in [2.75, 3.05) is 4.90 Å². The molecule has 2 aliphatic rings. The molecule has 0 N–H and O–H groups in total. The molecule has 6 nitrogen and oxygen atoms in total. The Morgan fingerprint density at radius 3 is 2.59 bits per heavy atom. The van der Waals surface area contributed by atoms with E-state index in [4.69, 9.17) is 4.98 Å². The number of hydrogen-bond acceptors (Lipinski definition) is 5. The van der Waals surface area contributed by atoms with Crippen LogP contribution in [0.3, 0.4) is 0 Å². The molecule has 0 saturated heterocycles. The lowest BCUT2D eigenvalue weighted by atomic mass is 10.0. The van der Waals surface area contributed by atoms with Gasteiger partial charge in [0.1, 0.15) is 11.5 Å². The van der Waals surface area contributed by atoms with Crippen molar-refractivity contribution in [2.24, 2.45) is 0 Å². The maximum Gasteiger partial charge on any atom is 0.161 e. The first kappa shape index (κ1) is 16.4. The third-order valence-corrected chi connectivity index (χ3v) is 5.86. The largest absolute Gasteiger partial charge is 0.342 e. The van der Waals surface area contributed by atoms with Gasteiger partial charge in [0, 0.05) is 11.6 Å². The van der Waals surface area contributed by atoms with Gasteiger partial charge in [0.15, 0.2) is 17.5 Å². The van der Waals surface area contributed by atoms with E-state index in [0.717, 1.165) is 41.0 Å². The molecule has 5 rings (SSSR count). The molecule has 3 heterocycles. The fourth-order valence-electron chi connectivity index (χ4n) is 4.59. The van der Waals surface area contributed by atoms with E-state index in [1.54, 1.807) is 0 Å². The van der Waals surface area contributed by atoms with Gasteiger partial charge >= 0.3 is 0 Å². The Balaban J connectivity index is 1.72. The van der Waals surface area contributed by atoms with Crippen molar-refractivity contribution in [1.82, 2.24) is 24.7 Å². The molecule has 1 aliphatic heterocycles. The van der Waals surface area contributed by atoms with Gasteiger partial charge in [-0.25, -0.2) is 9.97 Å². The van der Waals surface area contributed by atoms with Crippen LogP contribution in [0.2, 0.25) is 0 Å². The van der Waals surface area contributed by atoms with Crippen molar-refractivity contribution in [3.8, 4) is 17.1 Å². The maximum absolute atomic E-state index is 5.07. The summed E-state index contributed by atoms with van der Waals surface area (Å²) < 4.78 is 2.14. The SMILES string of the molecule is CCC1c2nnc(C)n2-c2cnc(-c3ccccc3)nc2N1C1CCCC1. The van der Waals surface area contributed by atoms with Crippen molar-refractivity contribution >= 4 is 5.82 Å². The van der Waals surface area contributed by atoms with Crippen LogP contribution in [0, 0.1) is 6.92 Å². The number of fused-ring (bicyclic) bond motifs is 3. The Morgan fingerprint density at radius 1 is 1.07 bits per heavy atom. The van der Waals surface area contributed by atoms with Crippen LogP contribution >= 0.6 is 0 Å². The number of nitrogens with zero attached hydrogens (tertiary/aromatic N) is 6. The molecule has 1 saturated carbocycles. The first-order valence-corrected chi connectivity index (χ1v) is 9.91. The molecule has 0 spiro atoms. The van der Waals surface area contributed by atoms with Crippen LogP contribution < -0.4 is 4.90 Å². The third kappa shape index (κ3) is 2.54. The zero-order valence-electron chi connectivity index (χ0n) is 15.8. The number of aryl methyl sites for hydroxylation is 1. The molecular weight excluding hydrogens is 336 g/mol. The Kier molecular flexibility index (Phi) is 3.92. The molecule has 138 valence electrons. The van der Waals surface area contributed by atoms with E-state index in [9.17, 15) is 0 Å². The van der Waals surface area contributed by atoms with Crippen LogP contribution in [0.4, 0.5) is 5.82 Å². The molecule has 0 amide bonds. The van der Waals surface area contributed by atoms with Crippen LogP contribution in [0.5, 0.6) is 0 Å². The lowest BCUT2D eigenvalue weighted by Gasteiger charge is -2.41. The maximum atomic E-state index is 5.07. The zero-order chi connectivity index (χ0) is 18.4. The topological polar surface area (TPSA) is 59.7 Å². The Morgan fingerprint density at radius 2 is 1.85 bits per heavy atom. The highest BCUT2D eigenvalue weighted by molar-refractivity contribution is 5.67. The Bertz CT molecular complexity index is 958. The van der Waals surface area contributed by atoms with E-state index < -0.39 is 0 Å². The molecule has 6 heteroatoms. The van der Waals surface area contributed by atoms with Crippen molar-refractivity contribution in [2.45, 2.75) is 58.0 Å². The van der Waals surface area contributed by atoms with E-state index in [-0.39, 0.29) is 6.04 Å². The van der Waals surface area contributed by atoms with E-state index in [0.29, 0.717) is 6.04 Å². The second-order valence-electron chi connectivity index (χ2n) is 7.48. The molecule has 3 aromatic rings. The molecule has 27 heavy (non-hydrogen) atoms. The first-order chi connectivity index (χ1) is 13.3. The highest BCUT2D eigenvalue weighted by atomic mass is 15.4. The average molecular weight is 360 g/mol. The minimum Gasteiger partial charge on any atom is -0.342 e. The minimum atomic E-state index is 0.209. The van der Waals surface area contributed by atoms with Crippen molar-refractivity contribution in [1.29, 1.82) is 0 Å². The quantitative estimate of drug-likeness (QED) is 0.699. The smallest absolute Gasteiger partial charge is 0.161 e. The third-order valence-electron chi connectivity index (χ3n) is 5.86. The number of hydrogen-bond donors (Lipinski definition) is 0. The van der Waals surface area contributed by atoms with Gasteiger partial charge < -0.3 is 4.90 Å². The van der Waals surface area contributed by atoms with E-state index in [1.165, 1.54) is 25.7 Å². The van der Waals surface area contributed by atoms with Gasteiger partial charge in [-0.3, -0.25) is 4.57 Å². The second-order valence-corrected chi connectivity index (χ2v) is 7.48. The summed E-state index contributed by atoms with van der Waals surface area (Å²) in [5.41, 5.74) is 2.05. The summed E-state index contributed by atoms with van der Waals surface area (Å²) in [7, 11) is 0. The van der Waals surface area contributed by atoms with Crippen LogP contribution in [-0.2, 0) is 0 Å². The van der Waals surface area contributed by atoms with Gasteiger partial charge in [0.05, 0.1) is 12.2 Å². The highest BCUT2D eigenvalue weighted by Gasteiger charge is 2.39. The average Bonchev–Trinajstić information content (AvgIpc) is 3.37. The number of rotatable bonds is 3. The van der Waals surface area contributed by atoms with E-state index in [1.807, 2.05) is 31.3 Å². The predicted molar refractivity (Wildman–Crippen MR) is 105 cm³/mol. The van der Waals surface area contributed by atoms with Gasteiger partial charge in [-0.05, 0) is 26.2 Å². The minimum absolute atomic E-state index is 0.209. The Labute approximate surface area is 159 Å². The summed E-state index contributed by atoms with van der Waals surface area (Å²) in [6.07, 6.45) is 7.93. The van der Waals surface area contributed by atoms with Gasteiger partial charge in [-0.2, -0.15) is 0 Å². The highest BCUT2D eigenvalue weighted by Crippen LogP contribution is 2.43. The van der Waals surface area contributed by atoms with Crippen molar-refractivity contribution < 1.29 is 0 Å². The summed E-state index contributed by atoms with van der Waals surface area (Å²) in [6, 6.07) is 10.9. The number of benzene rings is 1. The van der Waals surface area contributed by atoms with Gasteiger partial charge in [0.2, 0.25) is 0 Å². The van der Waals surface area contributed by atoms with Gasteiger partial charge in [0.25, 0.3) is 0 Å². The molecular formula is C21H24N6. The zero-order valence-corrected chi connectivity index (χ0v) is 15.8. The predicted octanol–water partition coefficient (Wildman–Crippen LogP) is 4.25. The molecule has 1 unspecified atom stereocenters. The first-order valence-electron chi connectivity index (χ1n) is 9.91. The summed E-state index contributed by atoms with van der Waals surface area (Å²) >= 11 is 0. The number of aromatic nitrogens is 5. The lowest BCUT2D eigenvalue weighted by molar-refractivity contribution is 0.468. The molecule has 1 fully saturated rings. The van der Waals surface area contributed by atoms with Crippen LogP contribution in [0.15, 0.2) is 36.5 Å². The van der Waals surface area contributed by atoms with Gasteiger partial charge in [-0.1, -0.05) is 50.1 Å². The molecule has 2 aromatic heterocycles. The van der Waals surface area contributed by atoms with E-state index in [2.05, 4.69) is 43.7 Å². The van der Waals surface area contributed by atoms with Gasteiger partial charge in [-0.15, -0.1) is 10.2 Å². The summed E-state index contributed by atoms with van der Waals surface area (Å²) in [5, 5.41) is 8.89. The summed E-state index contributed by atoms with van der Waals surface area (Å²) in [5.74, 6) is 3.72. The summed E-state index contributed by atoms with van der Waals surface area (Å²) in [6.45, 7) is 4.23. The molecule has 1 aliphatic carbocycles. The Hall–Kier alpha value is -2.76. The van der Waals surface area contributed by atoms with Crippen molar-refractivity contribution in [3.63, 3.8) is 0 Å². The molecule has 1 aromatic carbocycles. The fraction of sp³-hybridized carbons (Fsp3) is 0.429. The van der Waals surface area contributed by atoms with Crippen LogP contribution in [-0.4, -0.2) is 30.8 Å². The van der Waals surface area contributed by atoms with Crippen LogP contribution in [0.25, 0.3) is 17.1 Å². The number of anilines is 1. The molecule has 1 atom stereocenters.